The Hall–Kier alpha value is -3.74. The Bertz CT molecular complexity index is 1020. The van der Waals surface area contributed by atoms with Gasteiger partial charge in [-0.25, -0.2) is 4.39 Å². The zero-order chi connectivity index (χ0) is 20.8. The van der Waals surface area contributed by atoms with Crippen molar-refractivity contribution in [2.24, 2.45) is 0 Å². The highest BCUT2D eigenvalue weighted by Crippen LogP contribution is 2.18. The minimum atomic E-state index is -0.563. The molecule has 2 amide bonds. The number of carbonyl (C=O) groups excluding carboxylic acids is 2. The van der Waals surface area contributed by atoms with Crippen LogP contribution in [0.3, 0.4) is 0 Å². The molecule has 7 heteroatoms. The Kier molecular flexibility index (Phi) is 6.19. The number of nitrogens with one attached hydrogen (secondary N) is 2. The summed E-state index contributed by atoms with van der Waals surface area (Å²) in [6, 6.07) is 14.2. The van der Waals surface area contributed by atoms with E-state index in [4.69, 9.17) is 4.74 Å². The Balaban J connectivity index is 1.69. The molecule has 0 bridgehead atoms. The van der Waals surface area contributed by atoms with E-state index in [1.807, 2.05) is 13.8 Å². The van der Waals surface area contributed by atoms with Crippen molar-refractivity contribution in [3.05, 3.63) is 83.9 Å². The second kappa shape index (κ2) is 8.97. The highest BCUT2D eigenvalue weighted by molar-refractivity contribution is 6.08. The van der Waals surface area contributed by atoms with Crippen LogP contribution in [0.2, 0.25) is 0 Å². The predicted molar refractivity (Wildman–Crippen MR) is 109 cm³/mol. The van der Waals surface area contributed by atoms with Gasteiger partial charge in [-0.3, -0.25) is 14.6 Å². The van der Waals surface area contributed by atoms with Crippen molar-refractivity contribution in [2.75, 3.05) is 10.6 Å². The van der Waals surface area contributed by atoms with Crippen LogP contribution in [0.15, 0.2) is 67.0 Å². The molecule has 1 aromatic heterocycles. The number of nitrogens with zero attached hydrogens (tertiary/aromatic N) is 1. The summed E-state index contributed by atoms with van der Waals surface area (Å²) >= 11 is 0. The van der Waals surface area contributed by atoms with Crippen LogP contribution in [0, 0.1) is 5.82 Å². The van der Waals surface area contributed by atoms with Gasteiger partial charge in [-0.15, -0.1) is 0 Å². The first-order chi connectivity index (χ1) is 13.9. The number of ether oxygens (including phenoxy) is 1. The topological polar surface area (TPSA) is 80.3 Å². The molecular weight excluding hydrogens is 373 g/mol. The van der Waals surface area contributed by atoms with E-state index in [1.165, 1.54) is 36.7 Å². The van der Waals surface area contributed by atoms with E-state index in [2.05, 4.69) is 15.6 Å². The fraction of sp³-hybridized carbons (Fsp3) is 0.136. The molecule has 0 aliphatic rings. The quantitative estimate of drug-likeness (QED) is 0.646. The summed E-state index contributed by atoms with van der Waals surface area (Å²) in [5.74, 6) is -0.831. The summed E-state index contributed by atoms with van der Waals surface area (Å²) in [7, 11) is 0. The largest absolute Gasteiger partial charge is 0.491 e. The van der Waals surface area contributed by atoms with Crippen molar-refractivity contribution in [3.8, 4) is 5.75 Å². The smallest absolute Gasteiger partial charge is 0.257 e. The zero-order valence-electron chi connectivity index (χ0n) is 16.0. The van der Waals surface area contributed by atoms with Crippen molar-refractivity contribution in [2.45, 2.75) is 20.0 Å². The summed E-state index contributed by atoms with van der Waals surface area (Å²) in [5, 5.41) is 5.20. The van der Waals surface area contributed by atoms with Crippen LogP contribution in [-0.2, 0) is 0 Å². The highest BCUT2D eigenvalue weighted by atomic mass is 19.1. The van der Waals surface area contributed by atoms with Crippen LogP contribution < -0.4 is 15.4 Å². The second-order valence-corrected chi connectivity index (χ2v) is 6.54. The van der Waals surface area contributed by atoms with Crippen LogP contribution in [0.1, 0.15) is 34.6 Å². The summed E-state index contributed by atoms with van der Waals surface area (Å²) < 4.78 is 19.3. The first-order valence-corrected chi connectivity index (χ1v) is 9.01. The van der Waals surface area contributed by atoms with E-state index in [-0.39, 0.29) is 22.9 Å². The lowest BCUT2D eigenvalue weighted by Crippen LogP contribution is -2.16. The van der Waals surface area contributed by atoms with E-state index >= 15 is 0 Å². The van der Waals surface area contributed by atoms with Crippen LogP contribution in [0.5, 0.6) is 5.75 Å². The lowest BCUT2D eigenvalue weighted by Gasteiger charge is -2.11. The van der Waals surface area contributed by atoms with Gasteiger partial charge in [0.2, 0.25) is 0 Å². The van der Waals surface area contributed by atoms with Gasteiger partial charge >= 0.3 is 0 Å². The maximum absolute atomic E-state index is 13.7. The third-order valence-electron chi connectivity index (χ3n) is 3.87. The van der Waals surface area contributed by atoms with Crippen LogP contribution >= 0.6 is 0 Å². The highest BCUT2D eigenvalue weighted by Gasteiger charge is 2.13. The van der Waals surface area contributed by atoms with Crippen molar-refractivity contribution in [1.82, 2.24) is 4.98 Å². The molecule has 0 radical (unpaired) electrons. The summed E-state index contributed by atoms with van der Waals surface area (Å²) in [6.07, 6.45) is 2.72. The van der Waals surface area contributed by atoms with E-state index in [1.54, 1.807) is 30.3 Å². The molecule has 0 saturated heterocycles. The van der Waals surface area contributed by atoms with Crippen molar-refractivity contribution < 1.29 is 18.7 Å². The van der Waals surface area contributed by atoms with Gasteiger partial charge in [-0.2, -0.15) is 0 Å². The van der Waals surface area contributed by atoms with E-state index in [0.717, 1.165) is 0 Å². The molecule has 0 aliphatic heterocycles. The number of halogens is 1. The number of benzene rings is 2. The number of hydrogen-bond donors (Lipinski definition) is 2. The molecule has 2 N–H and O–H groups in total. The van der Waals surface area contributed by atoms with Crippen molar-refractivity contribution in [1.29, 1.82) is 0 Å². The maximum Gasteiger partial charge on any atom is 0.257 e. The number of hydrogen-bond acceptors (Lipinski definition) is 4. The maximum atomic E-state index is 13.7. The Morgan fingerprint density at radius 1 is 0.931 bits per heavy atom. The SMILES string of the molecule is CC(C)Oc1ccc(NC(=O)c2cncc(C(=O)Nc3ccccc3F)c2)cc1. The molecule has 0 aliphatic carbocycles. The van der Waals surface area contributed by atoms with Crippen LogP contribution in [0.25, 0.3) is 0 Å². The first-order valence-electron chi connectivity index (χ1n) is 9.01. The normalized spacial score (nSPS) is 10.5. The van der Waals surface area contributed by atoms with Crippen LogP contribution in [0.4, 0.5) is 15.8 Å². The zero-order valence-corrected chi connectivity index (χ0v) is 16.0. The number of amides is 2. The molecule has 0 atom stereocenters. The third-order valence-corrected chi connectivity index (χ3v) is 3.87. The van der Waals surface area contributed by atoms with Gasteiger partial charge in [0.1, 0.15) is 11.6 Å². The molecule has 3 aromatic rings. The molecule has 2 aromatic carbocycles. The minimum Gasteiger partial charge on any atom is -0.491 e. The Labute approximate surface area is 167 Å². The van der Waals surface area contributed by atoms with E-state index < -0.39 is 17.6 Å². The monoisotopic (exact) mass is 393 g/mol. The number of aromatic nitrogens is 1. The number of pyridine rings is 1. The van der Waals surface area contributed by atoms with E-state index in [0.29, 0.717) is 11.4 Å². The molecule has 1 heterocycles. The number of carbonyl (C=O) groups is 2. The van der Waals surface area contributed by atoms with Crippen molar-refractivity contribution in [3.63, 3.8) is 0 Å². The minimum absolute atomic E-state index is 0.0519. The molecule has 148 valence electrons. The molecule has 6 nitrogen and oxygen atoms in total. The van der Waals surface area contributed by atoms with Gasteiger partial charge in [0.25, 0.3) is 11.8 Å². The standard InChI is InChI=1S/C22H20FN3O3/c1-14(2)29-18-9-7-17(8-10-18)25-21(27)15-11-16(13-24-12-15)22(28)26-20-6-4-3-5-19(20)23/h3-14H,1-2H3,(H,25,27)(H,26,28). The lowest BCUT2D eigenvalue weighted by atomic mass is 10.1. The average Bonchev–Trinajstić information content (AvgIpc) is 2.71. The summed E-state index contributed by atoms with van der Waals surface area (Å²) in [5.41, 5.74) is 0.971. The van der Waals surface area contributed by atoms with Gasteiger partial charge in [0.05, 0.1) is 22.9 Å². The second-order valence-electron chi connectivity index (χ2n) is 6.54. The fourth-order valence-corrected chi connectivity index (χ4v) is 2.54. The van der Waals surface area contributed by atoms with Gasteiger partial charge in [0.15, 0.2) is 0 Å². The molecule has 29 heavy (non-hydrogen) atoms. The molecule has 0 unspecified atom stereocenters. The molecule has 3 rings (SSSR count). The van der Waals surface area contributed by atoms with Gasteiger partial charge < -0.3 is 15.4 Å². The number of anilines is 2. The molecule has 0 fully saturated rings. The van der Waals surface area contributed by atoms with Crippen LogP contribution in [-0.4, -0.2) is 22.9 Å². The average molecular weight is 393 g/mol. The van der Waals surface area contributed by atoms with Gasteiger partial charge in [0, 0.05) is 18.1 Å². The first kappa shape index (κ1) is 20.0. The third kappa shape index (κ3) is 5.38. The lowest BCUT2D eigenvalue weighted by molar-refractivity contribution is 0.102. The van der Waals surface area contributed by atoms with Crippen molar-refractivity contribution >= 4 is 23.2 Å². The van der Waals surface area contributed by atoms with Gasteiger partial charge in [-0.1, -0.05) is 12.1 Å². The summed E-state index contributed by atoms with van der Waals surface area (Å²) in [4.78, 5) is 28.8. The summed E-state index contributed by atoms with van der Waals surface area (Å²) in [6.45, 7) is 3.86. The fourth-order valence-electron chi connectivity index (χ4n) is 2.54. The number of para-hydroxylation sites is 1. The van der Waals surface area contributed by atoms with Gasteiger partial charge in [-0.05, 0) is 56.3 Å². The molecule has 0 spiro atoms. The molecule has 0 saturated carbocycles. The Morgan fingerprint density at radius 3 is 2.17 bits per heavy atom. The number of rotatable bonds is 6. The molecular formula is C22H20FN3O3. The Morgan fingerprint density at radius 2 is 1.55 bits per heavy atom. The van der Waals surface area contributed by atoms with E-state index in [9.17, 15) is 14.0 Å². The predicted octanol–water partition coefficient (Wildman–Crippen LogP) is 4.51.